The van der Waals surface area contributed by atoms with Gasteiger partial charge < -0.3 is 4.57 Å². The maximum atomic E-state index is 13.4. The fourth-order valence-electron chi connectivity index (χ4n) is 2.69. The second-order valence-corrected chi connectivity index (χ2v) is 6.51. The molecule has 3 aromatic rings. The normalized spacial score (nSPS) is 12.9. The molecule has 0 bridgehead atoms. The van der Waals surface area contributed by atoms with Crippen molar-refractivity contribution in [3.8, 4) is 0 Å². The van der Waals surface area contributed by atoms with Crippen molar-refractivity contribution in [3.05, 3.63) is 52.2 Å². The van der Waals surface area contributed by atoms with Crippen molar-refractivity contribution in [1.82, 2.24) is 9.55 Å². The van der Waals surface area contributed by atoms with E-state index in [4.69, 9.17) is 11.6 Å². The number of alkyl halides is 1. The highest BCUT2D eigenvalue weighted by atomic mass is 35.5. The molecule has 2 aromatic heterocycles. The van der Waals surface area contributed by atoms with Gasteiger partial charge in [-0.2, -0.15) is 0 Å². The first-order valence-corrected chi connectivity index (χ1v) is 8.35. The summed E-state index contributed by atoms with van der Waals surface area (Å²) in [5, 5.41) is 2.09. The highest BCUT2D eigenvalue weighted by molar-refractivity contribution is 7.09. The molecule has 110 valence electrons. The Bertz CT molecular complexity index is 736. The lowest BCUT2D eigenvalue weighted by Gasteiger charge is -2.17. The van der Waals surface area contributed by atoms with Crippen molar-refractivity contribution in [2.75, 3.05) is 5.88 Å². The number of halogens is 2. The average molecular weight is 323 g/mol. The largest absolute Gasteiger partial charge is 0.325 e. The van der Waals surface area contributed by atoms with Crippen LogP contribution in [0.3, 0.4) is 0 Å². The van der Waals surface area contributed by atoms with E-state index < -0.39 is 0 Å². The topological polar surface area (TPSA) is 17.8 Å². The Labute approximate surface area is 132 Å². The molecule has 3 rings (SSSR count). The fraction of sp³-hybridized carbons (Fsp3) is 0.312. The Hall–Kier alpha value is -1.39. The molecule has 0 saturated heterocycles. The van der Waals surface area contributed by atoms with Crippen molar-refractivity contribution in [1.29, 1.82) is 0 Å². The molecule has 2 heterocycles. The highest BCUT2D eigenvalue weighted by Gasteiger charge is 2.16. The van der Waals surface area contributed by atoms with E-state index in [-0.39, 0.29) is 11.9 Å². The first kappa shape index (κ1) is 14.5. The van der Waals surface area contributed by atoms with E-state index in [2.05, 4.69) is 34.0 Å². The summed E-state index contributed by atoms with van der Waals surface area (Å²) in [5.41, 5.74) is 1.67. The molecule has 2 nitrogen and oxygen atoms in total. The van der Waals surface area contributed by atoms with E-state index >= 15 is 0 Å². The third-order valence-electron chi connectivity index (χ3n) is 3.56. The average Bonchev–Trinajstić information content (AvgIpc) is 3.05. The Morgan fingerprint density at radius 1 is 1.38 bits per heavy atom. The molecular formula is C16H16ClFN2S. The zero-order valence-corrected chi connectivity index (χ0v) is 13.3. The van der Waals surface area contributed by atoms with Crippen molar-refractivity contribution in [2.24, 2.45) is 0 Å². The monoisotopic (exact) mass is 322 g/mol. The third-order valence-corrected chi connectivity index (χ3v) is 4.65. The number of nitrogens with zero attached hydrogens (tertiary/aromatic N) is 2. The minimum atomic E-state index is -0.254. The van der Waals surface area contributed by atoms with Gasteiger partial charge in [0.2, 0.25) is 0 Å². The van der Waals surface area contributed by atoms with E-state index in [1.807, 2.05) is 0 Å². The summed E-state index contributed by atoms with van der Waals surface area (Å²) in [6.07, 6.45) is 1.63. The Balaban J connectivity index is 2.03. The van der Waals surface area contributed by atoms with Gasteiger partial charge in [0.15, 0.2) is 0 Å². The van der Waals surface area contributed by atoms with Gasteiger partial charge in [-0.15, -0.1) is 22.9 Å². The summed E-state index contributed by atoms with van der Waals surface area (Å²) in [4.78, 5) is 5.89. The van der Waals surface area contributed by atoms with Gasteiger partial charge in [0.05, 0.1) is 11.0 Å². The number of imidazole rings is 1. The number of hydrogen-bond acceptors (Lipinski definition) is 2. The van der Waals surface area contributed by atoms with E-state index in [1.165, 1.54) is 17.0 Å². The van der Waals surface area contributed by atoms with Crippen LogP contribution in [0.5, 0.6) is 0 Å². The number of fused-ring (bicyclic) bond motifs is 1. The molecule has 1 aromatic carbocycles. The molecule has 5 heteroatoms. The second-order valence-electron chi connectivity index (χ2n) is 5.10. The molecular weight excluding hydrogens is 307 g/mol. The fourth-order valence-corrected chi connectivity index (χ4v) is 3.68. The van der Waals surface area contributed by atoms with E-state index in [0.29, 0.717) is 17.8 Å². The Morgan fingerprint density at radius 3 is 2.95 bits per heavy atom. The molecule has 1 atom stereocenters. The number of aryl methyl sites for hydroxylation is 1. The second kappa shape index (κ2) is 6.16. The number of benzene rings is 1. The van der Waals surface area contributed by atoms with E-state index in [1.54, 1.807) is 17.4 Å². The van der Waals surface area contributed by atoms with Crippen molar-refractivity contribution < 1.29 is 4.39 Å². The minimum Gasteiger partial charge on any atom is -0.325 e. The third kappa shape index (κ3) is 2.97. The minimum absolute atomic E-state index is 0.254. The molecule has 0 spiro atoms. The summed E-state index contributed by atoms with van der Waals surface area (Å²) in [5.74, 6) is 1.18. The van der Waals surface area contributed by atoms with Gasteiger partial charge >= 0.3 is 0 Å². The Kier molecular flexibility index (Phi) is 4.27. The predicted molar refractivity (Wildman–Crippen MR) is 86.8 cm³/mol. The van der Waals surface area contributed by atoms with Crippen LogP contribution in [0.15, 0.2) is 35.7 Å². The zero-order valence-electron chi connectivity index (χ0n) is 11.7. The van der Waals surface area contributed by atoms with Crippen LogP contribution in [0, 0.1) is 5.82 Å². The lowest BCUT2D eigenvalue weighted by molar-refractivity contribution is 0.541. The van der Waals surface area contributed by atoms with Crippen LogP contribution in [0.4, 0.5) is 4.39 Å². The summed E-state index contributed by atoms with van der Waals surface area (Å²) in [7, 11) is 0. The van der Waals surface area contributed by atoms with Gasteiger partial charge in [0.1, 0.15) is 11.6 Å². The summed E-state index contributed by atoms with van der Waals surface area (Å²) >= 11 is 7.64. The van der Waals surface area contributed by atoms with Crippen LogP contribution >= 0.6 is 22.9 Å². The molecule has 21 heavy (non-hydrogen) atoms. The molecule has 0 radical (unpaired) electrons. The smallest absolute Gasteiger partial charge is 0.125 e. The predicted octanol–water partition coefficient (Wildman–Crippen LogP) is 4.82. The van der Waals surface area contributed by atoms with Crippen molar-refractivity contribution in [3.63, 3.8) is 0 Å². The van der Waals surface area contributed by atoms with Crippen LogP contribution < -0.4 is 0 Å². The number of rotatable bonds is 5. The first-order valence-electron chi connectivity index (χ1n) is 6.93. The van der Waals surface area contributed by atoms with E-state index in [0.717, 1.165) is 17.8 Å². The number of thiophene rings is 1. The lowest BCUT2D eigenvalue weighted by Crippen LogP contribution is -2.12. The van der Waals surface area contributed by atoms with Gasteiger partial charge in [0, 0.05) is 35.7 Å². The van der Waals surface area contributed by atoms with Crippen molar-refractivity contribution in [2.45, 2.75) is 25.8 Å². The first-order chi connectivity index (χ1) is 10.2. The quantitative estimate of drug-likeness (QED) is 0.616. The molecule has 0 saturated carbocycles. The number of aromatic nitrogens is 2. The van der Waals surface area contributed by atoms with Gasteiger partial charge in [-0.3, -0.25) is 0 Å². The van der Waals surface area contributed by atoms with Gasteiger partial charge in [-0.1, -0.05) is 6.07 Å². The lowest BCUT2D eigenvalue weighted by atomic mass is 10.2. The summed E-state index contributed by atoms with van der Waals surface area (Å²) < 4.78 is 15.6. The maximum Gasteiger partial charge on any atom is 0.125 e. The van der Waals surface area contributed by atoms with Gasteiger partial charge in [0.25, 0.3) is 0 Å². The van der Waals surface area contributed by atoms with E-state index in [9.17, 15) is 4.39 Å². The standard InChI is InChI=1S/C16H16ClFN2S/c1-11(9-13-3-2-8-21-13)20-15-5-4-12(18)10-14(15)19-16(20)6-7-17/h2-5,8,10-11H,6-7,9H2,1H3. The van der Waals surface area contributed by atoms with Crippen LogP contribution in [0.25, 0.3) is 11.0 Å². The van der Waals surface area contributed by atoms with Crippen LogP contribution in [0.1, 0.15) is 23.7 Å². The van der Waals surface area contributed by atoms with Crippen LogP contribution in [-0.4, -0.2) is 15.4 Å². The van der Waals surface area contributed by atoms with Crippen LogP contribution in [-0.2, 0) is 12.8 Å². The number of hydrogen-bond donors (Lipinski definition) is 0. The summed E-state index contributed by atoms with van der Waals surface area (Å²) in [6, 6.07) is 9.25. The van der Waals surface area contributed by atoms with Crippen molar-refractivity contribution >= 4 is 34.0 Å². The highest BCUT2D eigenvalue weighted by Crippen LogP contribution is 2.26. The molecule has 0 N–H and O–H groups in total. The molecule has 1 unspecified atom stereocenters. The molecule has 0 aliphatic rings. The molecule has 0 amide bonds. The SMILES string of the molecule is CC(Cc1cccs1)n1c(CCCl)nc2cc(F)ccc21. The van der Waals surface area contributed by atoms with Crippen LogP contribution in [0.2, 0.25) is 0 Å². The summed E-state index contributed by atoms with van der Waals surface area (Å²) in [6.45, 7) is 2.17. The maximum absolute atomic E-state index is 13.4. The zero-order chi connectivity index (χ0) is 14.8. The molecule has 0 aliphatic carbocycles. The molecule has 0 fully saturated rings. The Morgan fingerprint density at radius 2 is 2.24 bits per heavy atom. The molecule has 0 aliphatic heterocycles. The van der Waals surface area contributed by atoms with Gasteiger partial charge in [-0.05, 0) is 30.5 Å². The van der Waals surface area contributed by atoms with Gasteiger partial charge in [-0.25, -0.2) is 9.37 Å².